The highest BCUT2D eigenvalue weighted by atomic mass is 32.2. The number of benzene rings is 1. The molecule has 1 atom stereocenters. The lowest BCUT2D eigenvalue weighted by molar-refractivity contribution is -0.144. The molecule has 1 aromatic rings. The van der Waals surface area contributed by atoms with Gasteiger partial charge in [-0.25, -0.2) is 8.42 Å². The van der Waals surface area contributed by atoms with Gasteiger partial charge < -0.3 is 10.2 Å². The van der Waals surface area contributed by atoms with E-state index in [4.69, 9.17) is 5.26 Å². The zero-order chi connectivity index (χ0) is 17.0. The first-order valence-corrected chi connectivity index (χ1v) is 9.01. The number of likely N-dealkylation sites (N-methyl/N-ethyl adjacent to an activating group) is 1. The van der Waals surface area contributed by atoms with Crippen LogP contribution in [-0.2, 0) is 19.4 Å². The van der Waals surface area contributed by atoms with Gasteiger partial charge in [0.15, 0.2) is 9.84 Å². The predicted molar refractivity (Wildman–Crippen MR) is 84.2 cm³/mol. The third-order valence-corrected chi connectivity index (χ3v) is 5.44. The molecule has 0 aliphatic carbocycles. The Morgan fingerprint density at radius 2 is 2.17 bits per heavy atom. The number of rotatable bonds is 3. The second-order valence-corrected chi connectivity index (χ2v) is 7.52. The number of hydrogen-bond acceptors (Lipinski definition) is 5. The molecule has 2 amide bonds. The van der Waals surface area contributed by atoms with E-state index in [-0.39, 0.29) is 18.1 Å². The van der Waals surface area contributed by atoms with Crippen molar-refractivity contribution in [2.75, 3.05) is 23.4 Å². The Morgan fingerprint density at radius 1 is 1.43 bits per heavy atom. The minimum absolute atomic E-state index is 0.0350. The third kappa shape index (κ3) is 4.07. The van der Waals surface area contributed by atoms with Crippen LogP contribution in [0.1, 0.15) is 18.9 Å². The second kappa shape index (κ2) is 6.79. The van der Waals surface area contributed by atoms with E-state index in [9.17, 15) is 18.0 Å². The maximum atomic E-state index is 12.3. The number of anilines is 1. The normalized spacial score (nSPS) is 18.9. The van der Waals surface area contributed by atoms with Crippen LogP contribution in [0, 0.1) is 11.3 Å². The number of hydrogen-bond donors (Lipinski definition) is 1. The lowest BCUT2D eigenvalue weighted by Crippen LogP contribution is -2.46. The maximum Gasteiger partial charge on any atom is 0.313 e. The molecule has 8 heteroatoms. The Balaban J connectivity index is 2.08. The summed E-state index contributed by atoms with van der Waals surface area (Å²) < 4.78 is 23.1. The smallest absolute Gasteiger partial charge is 0.313 e. The van der Waals surface area contributed by atoms with Gasteiger partial charge in [0.2, 0.25) is 0 Å². The molecule has 7 nitrogen and oxygen atoms in total. The van der Waals surface area contributed by atoms with Gasteiger partial charge in [0.1, 0.15) is 0 Å². The summed E-state index contributed by atoms with van der Waals surface area (Å²) in [6, 6.07) is 7.69. The molecule has 1 fully saturated rings. The van der Waals surface area contributed by atoms with Gasteiger partial charge in [0.25, 0.3) is 0 Å². The number of carbonyl (C=O) groups is 2. The first-order chi connectivity index (χ1) is 10.9. The fourth-order valence-corrected chi connectivity index (χ4v) is 4.30. The molecule has 0 saturated carbocycles. The number of amides is 2. The Labute approximate surface area is 134 Å². The number of nitriles is 1. The van der Waals surface area contributed by atoms with Crippen molar-refractivity contribution in [3.63, 3.8) is 0 Å². The first-order valence-electron chi connectivity index (χ1n) is 7.19. The molecule has 1 aliphatic heterocycles. The molecule has 1 saturated heterocycles. The minimum Gasteiger partial charge on any atom is -0.331 e. The number of nitrogens with zero attached hydrogens (tertiary/aromatic N) is 2. The third-order valence-electron chi connectivity index (χ3n) is 3.69. The van der Waals surface area contributed by atoms with Crippen molar-refractivity contribution >= 4 is 27.3 Å². The van der Waals surface area contributed by atoms with Gasteiger partial charge in [-0.05, 0) is 31.5 Å². The molecule has 122 valence electrons. The van der Waals surface area contributed by atoms with Gasteiger partial charge in [-0.3, -0.25) is 9.59 Å². The van der Waals surface area contributed by atoms with Crippen LogP contribution in [0.3, 0.4) is 0 Å². The van der Waals surface area contributed by atoms with Crippen LogP contribution in [0.15, 0.2) is 24.3 Å². The molecule has 1 aliphatic rings. The number of nitrogens with one attached hydrogen (secondary N) is 1. The fraction of sp³-hybridized carbons (Fsp3) is 0.400. The van der Waals surface area contributed by atoms with E-state index in [1.807, 2.05) is 6.07 Å². The zero-order valence-electron chi connectivity index (χ0n) is 12.7. The van der Waals surface area contributed by atoms with Crippen LogP contribution >= 0.6 is 0 Å². The summed E-state index contributed by atoms with van der Waals surface area (Å²) in [6.45, 7) is 1.96. The second-order valence-electron chi connectivity index (χ2n) is 5.29. The van der Waals surface area contributed by atoms with Gasteiger partial charge in [0, 0.05) is 18.3 Å². The standard InChI is InChI=1S/C15H17N3O4S/c1-2-18(13-6-7-23(21,22)10-13)15(20)14(19)17-12-5-3-4-11(8-12)9-16/h3-5,8,13H,2,6-7,10H2,1H3,(H,17,19). The summed E-state index contributed by atoms with van der Waals surface area (Å²) >= 11 is 0. The van der Waals surface area contributed by atoms with Gasteiger partial charge in [-0.15, -0.1) is 0 Å². The van der Waals surface area contributed by atoms with Crippen molar-refractivity contribution in [3.05, 3.63) is 29.8 Å². The molecular weight excluding hydrogens is 318 g/mol. The summed E-state index contributed by atoms with van der Waals surface area (Å²) in [5, 5.41) is 11.3. The van der Waals surface area contributed by atoms with Crippen molar-refractivity contribution in [3.8, 4) is 6.07 Å². The highest BCUT2D eigenvalue weighted by molar-refractivity contribution is 7.91. The fourth-order valence-electron chi connectivity index (χ4n) is 2.57. The van der Waals surface area contributed by atoms with Crippen molar-refractivity contribution in [2.45, 2.75) is 19.4 Å². The zero-order valence-corrected chi connectivity index (χ0v) is 13.5. The molecule has 1 N–H and O–H groups in total. The average molecular weight is 335 g/mol. The van der Waals surface area contributed by atoms with Crippen LogP contribution in [0.5, 0.6) is 0 Å². The van der Waals surface area contributed by atoms with Crippen molar-refractivity contribution < 1.29 is 18.0 Å². The molecule has 0 bridgehead atoms. The Hall–Kier alpha value is -2.40. The molecule has 1 aromatic carbocycles. The van der Waals surface area contributed by atoms with E-state index in [0.717, 1.165) is 0 Å². The number of carbonyl (C=O) groups excluding carboxylic acids is 2. The van der Waals surface area contributed by atoms with Crippen molar-refractivity contribution in [1.29, 1.82) is 5.26 Å². The highest BCUT2D eigenvalue weighted by Crippen LogP contribution is 2.18. The Kier molecular flexibility index (Phi) is 5.01. The molecular formula is C15H17N3O4S. The van der Waals surface area contributed by atoms with E-state index in [2.05, 4.69) is 5.32 Å². The molecule has 1 unspecified atom stereocenters. The van der Waals surface area contributed by atoms with Gasteiger partial charge in [-0.1, -0.05) is 6.07 Å². The van der Waals surface area contributed by atoms with Gasteiger partial charge in [-0.2, -0.15) is 5.26 Å². The molecule has 0 aromatic heterocycles. The monoisotopic (exact) mass is 335 g/mol. The van der Waals surface area contributed by atoms with Gasteiger partial charge in [0.05, 0.1) is 23.1 Å². The van der Waals surface area contributed by atoms with E-state index < -0.39 is 27.7 Å². The maximum absolute atomic E-state index is 12.3. The largest absolute Gasteiger partial charge is 0.331 e. The van der Waals surface area contributed by atoms with Crippen LogP contribution < -0.4 is 5.32 Å². The van der Waals surface area contributed by atoms with Crippen LogP contribution in [-0.4, -0.2) is 49.2 Å². The molecule has 0 spiro atoms. The van der Waals surface area contributed by atoms with E-state index >= 15 is 0 Å². The van der Waals surface area contributed by atoms with Crippen molar-refractivity contribution in [1.82, 2.24) is 4.90 Å². The van der Waals surface area contributed by atoms with Crippen LogP contribution in [0.25, 0.3) is 0 Å². The Morgan fingerprint density at radius 3 is 2.74 bits per heavy atom. The molecule has 2 rings (SSSR count). The topological polar surface area (TPSA) is 107 Å². The molecule has 1 heterocycles. The summed E-state index contributed by atoms with van der Waals surface area (Å²) in [7, 11) is -3.14. The minimum atomic E-state index is -3.14. The van der Waals surface area contributed by atoms with E-state index in [1.54, 1.807) is 25.1 Å². The highest BCUT2D eigenvalue weighted by Gasteiger charge is 2.35. The Bertz CT molecular complexity index is 767. The lowest BCUT2D eigenvalue weighted by Gasteiger charge is -2.26. The molecule has 23 heavy (non-hydrogen) atoms. The van der Waals surface area contributed by atoms with Crippen molar-refractivity contribution in [2.24, 2.45) is 0 Å². The SMILES string of the molecule is CCN(C(=O)C(=O)Nc1cccc(C#N)c1)C1CCS(=O)(=O)C1. The van der Waals surface area contributed by atoms with E-state index in [1.165, 1.54) is 11.0 Å². The summed E-state index contributed by atoms with van der Waals surface area (Å²) in [6.07, 6.45) is 0.346. The van der Waals surface area contributed by atoms with Gasteiger partial charge >= 0.3 is 11.8 Å². The van der Waals surface area contributed by atoms with Crippen LogP contribution in [0.2, 0.25) is 0 Å². The summed E-state index contributed by atoms with van der Waals surface area (Å²) in [4.78, 5) is 25.7. The lowest BCUT2D eigenvalue weighted by atomic mass is 10.2. The summed E-state index contributed by atoms with van der Waals surface area (Å²) in [5.41, 5.74) is 0.710. The number of sulfone groups is 1. The summed E-state index contributed by atoms with van der Waals surface area (Å²) in [5.74, 6) is -1.68. The van der Waals surface area contributed by atoms with E-state index in [0.29, 0.717) is 17.7 Å². The average Bonchev–Trinajstić information content (AvgIpc) is 2.88. The van der Waals surface area contributed by atoms with Crippen LogP contribution in [0.4, 0.5) is 5.69 Å². The predicted octanol–water partition coefficient (Wildman–Crippen LogP) is 0.532. The first kappa shape index (κ1) is 17.0. The molecule has 0 radical (unpaired) electrons. The quantitative estimate of drug-likeness (QED) is 0.811.